The van der Waals surface area contributed by atoms with Crippen LogP contribution >= 0.6 is 12.1 Å². The lowest BCUT2D eigenvalue weighted by molar-refractivity contribution is -0.135. The molecule has 0 aromatic heterocycles. The Hall–Kier alpha value is -0.460. The Balaban J connectivity index is 1.10. The fraction of sp³-hybridized carbons (Fsp3) is 0.967. The second kappa shape index (κ2) is 11.3. The van der Waals surface area contributed by atoms with E-state index in [0.717, 1.165) is 68.2 Å². The molecule has 5 rings (SSSR count). The minimum absolute atomic E-state index is 0.0572. The zero-order valence-electron chi connectivity index (χ0n) is 23.5. The van der Waals surface area contributed by atoms with Gasteiger partial charge in [0.15, 0.2) is 0 Å². The third-order valence-corrected chi connectivity index (χ3v) is 12.8. The summed E-state index contributed by atoms with van der Waals surface area (Å²) in [5, 5.41) is 3.11. The highest BCUT2D eigenvalue weighted by molar-refractivity contribution is 7.95. The van der Waals surface area contributed by atoms with Gasteiger partial charge in [0.1, 0.15) is 0 Å². The van der Waals surface area contributed by atoms with Gasteiger partial charge in [-0.05, 0) is 111 Å². The van der Waals surface area contributed by atoms with E-state index in [1.165, 1.54) is 82.8 Å². The molecular formula is C30H53N3O2S. The largest absolute Gasteiger partial charge is 0.376 e. The molecule has 5 nitrogen and oxygen atoms in total. The number of amides is 2. The van der Waals surface area contributed by atoms with Crippen molar-refractivity contribution >= 4 is 18.2 Å². The first kappa shape index (κ1) is 27.1. The van der Waals surface area contributed by atoms with E-state index < -0.39 is 0 Å². The van der Waals surface area contributed by atoms with Crippen LogP contribution in [0.15, 0.2) is 0 Å². The SMILES string of the molecule is CC[C@H]1CC2C3CC[C@H](CCCNC(=O)NSN4CCOC(C)C4)C3(C)CC[C@@H]2C2(C)CCCCC12. The molecule has 2 amide bonds. The average molecular weight is 520 g/mol. The Kier molecular flexibility index (Phi) is 8.54. The van der Waals surface area contributed by atoms with Crippen LogP contribution in [0.2, 0.25) is 0 Å². The van der Waals surface area contributed by atoms with Gasteiger partial charge in [0.2, 0.25) is 0 Å². The number of nitrogens with one attached hydrogen (secondary N) is 2. The molecule has 0 aromatic carbocycles. The number of morpholine rings is 1. The van der Waals surface area contributed by atoms with Gasteiger partial charge < -0.3 is 10.1 Å². The summed E-state index contributed by atoms with van der Waals surface area (Å²) in [7, 11) is 0. The summed E-state index contributed by atoms with van der Waals surface area (Å²) in [5.74, 6) is 5.72. The molecule has 206 valence electrons. The van der Waals surface area contributed by atoms with E-state index in [1.54, 1.807) is 0 Å². The molecule has 2 N–H and O–H groups in total. The molecule has 1 aliphatic heterocycles. The van der Waals surface area contributed by atoms with Gasteiger partial charge in [-0.1, -0.05) is 40.0 Å². The summed E-state index contributed by atoms with van der Waals surface area (Å²) in [5.41, 5.74) is 1.15. The molecule has 4 saturated carbocycles. The first-order valence-electron chi connectivity index (χ1n) is 15.4. The number of ether oxygens (including phenoxy) is 1. The van der Waals surface area contributed by atoms with Crippen molar-refractivity contribution in [3.05, 3.63) is 0 Å². The number of fused-ring (bicyclic) bond motifs is 5. The van der Waals surface area contributed by atoms with Gasteiger partial charge in [-0.2, -0.15) is 0 Å². The maximum absolute atomic E-state index is 12.3. The lowest BCUT2D eigenvalue weighted by atomic mass is 9.42. The normalized spacial score (nSPS) is 44.8. The number of hydrogen-bond donors (Lipinski definition) is 2. The monoisotopic (exact) mass is 519 g/mol. The van der Waals surface area contributed by atoms with Crippen LogP contribution < -0.4 is 10.0 Å². The van der Waals surface area contributed by atoms with E-state index in [-0.39, 0.29) is 12.1 Å². The van der Waals surface area contributed by atoms with Crippen molar-refractivity contribution in [2.24, 2.45) is 46.3 Å². The van der Waals surface area contributed by atoms with Crippen molar-refractivity contribution in [3.8, 4) is 0 Å². The molecule has 4 aliphatic carbocycles. The van der Waals surface area contributed by atoms with Crippen LogP contribution in [-0.4, -0.2) is 42.7 Å². The molecule has 0 bridgehead atoms. The molecule has 36 heavy (non-hydrogen) atoms. The summed E-state index contributed by atoms with van der Waals surface area (Å²) < 4.78 is 10.7. The van der Waals surface area contributed by atoms with E-state index in [1.807, 2.05) is 0 Å². The van der Waals surface area contributed by atoms with Crippen LogP contribution in [0.25, 0.3) is 0 Å². The van der Waals surface area contributed by atoms with E-state index in [4.69, 9.17) is 4.74 Å². The van der Waals surface area contributed by atoms with Crippen molar-refractivity contribution in [2.45, 2.75) is 111 Å². The topological polar surface area (TPSA) is 53.6 Å². The summed E-state index contributed by atoms with van der Waals surface area (Å²) in [6.07, 6.45) is 17.3. The van der Waals surface area contributed by atoms with Crippen LogP contribution in [0.4, 0.5) is 4.79 Å². The second-order valence-electron chi connectivity index (χ2n) is 13.6. The van der Waals surface area contributed by atoms with Crippen molar-refractivity contribution in [1.29, 1.82) is 0 Å². The Morgan fingerprint density at radius 3 is 2.69 bits per heavy atom. The summed E-state index contributed by atoms with van der Waals surface area (Å²) in [6.45, 7) is 13.2. The third-order valence-electron chi connectivity index (χ3n) is 12.0. The van der Waals surface area contributed by atoms with E-state index in [9.17, 15) is 4.79 Å². The molecule has 5 aliphatic rings. The third kappa shape index (κ3) is 5.21. The van der Waals surface area contributed by atoms with Gasteiger partial charge in [0, 0.05) is 31.8 Å². The number of carbonyl (C=O) groups is 1. The molecule has 6 heteroatoms. The predicted molar refractivity (Wildman–Crippen MR) is 149 cm³/mol. The van der Waals surface area contributed by atoms with Crippen LogP contribution in [0.5, 0.6) is 0 Å². The van der Waals surface area contributed by atoms with Gasteiger partial charge in [-0.3, -0.25) is 4.72 Å². The van der Waals surface area contributed by atoms with Crippen LogP contribution in [-0.2, 0) is 4.74 Å². The number of hydrogen-bond acceptors (Lipinski definition) is 4. The maximum atomic E-state index is 12.3. The van der Waals surface area contributed by atoms with E-state index in [2.05, 4.69) is 42.0 Å². The number of nitrogens with zero attached hydrogens (tertiary/aromatic N) is 1. The van der Waals surface area contributed by atoms with Gasteiger partial charge in [0.25, 0.3) is 0 Å². The van der Waals surface area contributed by atoms with E-state index >= 15 is 0 Å². The van der Waals surface area contributed by atoms with Gasteiger partial charge in [-0.15, -0.1) is 0 Å². The van der Waals surface area contributed by atoms with Gasteiger partial charge >= 0.3 is 6.03 Å². The Bertz CT molecular complexity index is 766. The minimum Gasteiger partial charge on any atom is -0.376 e. The molecule has 0 radical (unpaired) electrons. The van der Waals surface area contributed by atoms with Crippen molar-refractivity contribution < 1.29 is 9.53 Å². The fourth-order valence-corrected chi connectivity index (χ4v) is 10.9. The first-order valence-corrected chi connectivity index (χ1v) is 16.2. The van der Waals surface area contributed by atoms with E-state index in [0.29, 0.717) is 10.8 Å². The Morgan fingerprint density at radius 2 is 1.89 bits per heavy atom. The molecule has 6 unspecified atom stereocenters. The van der Waals surface area contributed by atoms with Crippen molar-refractivity contribution in [3.63, 3.8) is 0 Å². The smallest absolute Gasteiger partial charge is 0.325 e. The highest BCUT2D eigenvalue weighted by Gasteiger charge is 2.60. The summed E-state index contributed by atoms with van der Waals surface area (Å²) >= 11 is 1.42. The summed E-state index contributed by atoms with van der Waals surface area (Å²) in [6, 6.07) is -0.0572. The Labute approximate surface area is 225 Å². The zero-order valence-corrected chi connectivity index (χ0v) is 24.3. The number of carbonyl (C=O) groups excluding carboxylic acids is 1. The zero-order chi connectivity index (χ0) is 25.3. The molecule has 5 fully saturated rings. The quantitative estimate of drug-likeness (QED) is 0.280. The Morgan fingerprint density at radius 1 is 1.06 bits per heavy atom. The highest BCUT2D eigenvalue weighted by atomic mass is 32.2. The number of rotatable bonds is 7. The van der Waals surface area contributed by atoms with Crippen molar-refractivity contribution in [1.82, 2.24) is 14.3 Å². The lowest BCUT2D eigenvalue weighted by Gasteiger charge is -2.62. The second-order valence-corrected chi connectivity index (χ2v) is 14.5. The lowest BCUT2D eigenvalue weighted by Crippen LogP contribution is -2.55. The van der Waals surface area contributed by atoms with Crippen LogP contribution in [0.3, 0.4) is 0 Å². The molecule has 0 spiro atoms. The highest BCUT2D eigenvalue weighted by Crippen LogP contribution is 2.69. The molecule has 0 aromatic rings. The predicted octanol–water partition coefficient (Wildman–Crippen LogP) is 7.03. The molecule has 9 atom stereocenters. The fourth-order valence-electron chi connectivity index (χ4n) is 10.2. The average Bonchev–Trinajstić information content (AvgIpc) is 3.21. The maximum Gasteiger partial charge on any atom is 0.325 e. The number of urea groups is 1. The molecule has 1 saturated heterocycles. The standard InChI is InChI=1S/C30H53N3O2S/c1-5-22-19-24-26-12-11-23(9-8-16-31-28(34)32-36-33-17-18-35-21(2)20-33)29(26,3)15-13-27(24)30(4)14-7-6-10-25(22)30/h21-27H,5-20H2,1-4H3,(H2,31,32,34)/t21?,22-,23-,24?,25?,26?,27-,29?,30?/m0/s1. The van der Waals surface area contributed by atoms with Gasteiger partial charge in [0.05, 0.1) is 12.7 Å². The van der Waals surface area contributed by atoms with Crippen LogP contribution in [0.1, 0.15) is 105 Å². The van der Waals surface area contributed by atoms with Crippen LogP contribution in [0, 0.1) is 46.3 Å². The molecule has 1 heterocycles. The van der Waals surface area contributed by atoms with Gasteiger partial charge in [-0.25, -0.2) is 9.10 Å². The molecular weight excluding hydrogens is 466 g/mol. The summed E-state index contributed by atoms with van der Waals surface area (Å²) in [4.78, 5) is 12.3. The minimum atomic E-state index is -0.0572. The first-order chi connectivity index (χ1) is 17.3. The van der Waals surface area contributed by atoms with Crippen molar-refractivity contribution in [2.75, 3.05) is 26.2 Å².